The number of furan rings is 1. The molecule has 0 saturated carbocycles. The number of nitrogens with zero attached hydrogens (tertiary/aromatic N) is 4. The summed E-state index contributed by atoms with van der Waals surface area (Å²) in [4.78, 5) is 25.0. The zero-order valence-corrected chi connectivity index (χ0v) is 16.6. The Bertz CT molecular complexity index is 1100. The van der Waals surface area contributed by atoms with Crippen LogP contribution < -0.4 is 5.56 Å². The number of benzene rings is 1. The highest BCUT2D eigenvalue weighted by molar-refractivity contribution is 7.99. The number of hydrogen-bond donors (Lipinski definition) is 0. The van der Waals surface area contributed by atoms with Crippen molar-refractivity contribution in [1.82, 2.24) is 19.5 Å². The number of hydrogen-bond acceptors (Lipinski definition) is 6. The number of aromatic nitrogens is 4. The molecule has 4 aromatic rings. The van der Waals surface area contributed by atoms with Gasteiger partial charge in [-0.1, -0.05) is 42.1 Å². The van der Waals surface area contributed by atoms with Crippen LogP contribution in [0.15, 0.2) is 88.0 Å². The first-order valence-corrected chi connectivity index (χ1v) is 10.3. The molecule has 0 atom stereocenters. The lowest BCUT2D eigenvalue weighted by Gasteiger charge is -2.13. The van der Waals surface area contributed by atoms with Crippen LogP contribution in [0.4, 0.5) is 0 Å². The largest absolute Gasteiger partial charge is 0.467 e. The van der Waals surface area contributed by atoms with Gasteiger partial charge in [0.25, 0.3) is 5.56 Å². The smallest absolute Gasteiger partial charge is 0.277 e. The Labute approximate surface area is 172 Å². The summed E-state index contributed by atoms with van der Waals surface area (Å²) in [5.74, 6) is 1.65. The van der Waals surface area contributed by atoms with E-state index in [1.807, 2.05) is 41.1 Å². The summed E-state index contributed by atoms with van der Waals surface area (Å²) in [6.07, 6.45) is 9.78. The maximum Gasteiger partial charge on any atom is 0.277 e. The van der Waals surface area contributed by atoms with Crippen molar-refractivity contribution in [2.45, 2.75) is 24.5 Å². The average Bonchev–Trinajstić information content (AvgIpc) is 3.26. The Morgan fingerprint density at radius 2 is 1.83 bits per heavy atom. The molecule has 0 aliphatic rings. The minimum absolute atomic E-state index is 0.216. The van der Waals surface area contributed by atoms with Gasteiger partial charge in [-0.05, 0) is 29.7 Å². The van der Waals surface area contributed by atoms with Crippen molar-refractivity contribution in [3.8, 4) is 0 Å². The summed E-state index contributed by atoms with van der Waals surface area (Å²) in [6, 6.07) is 14.1. The van der Waals surface area contributed by atoms with Gasteiger partial charge in [-0.25, -0.2) is 9.97 Å². The van der Waals surface area contributed by atoms with Gasteiger partial charge in [0.1, 0.15) is 12.1 Å². The number of thioether (sulfide) groups is 1. The van der Waals surface area contributed by atoms with Gasteiger partial charge in [0.05, 0.1) is 12.8 Å². The molecule has 3 aromatic heterocycles. The zero-order chi connectivity index (χ0) is 19.9. The van der Waals surface area contributed by atoms with Crippen LogP contribution in [0.25, 0.3) is 0 Å². The molecular weight excluding hydrogens is 384 g/mol. The van der Waals surface area contributed by atoms with E-state index in [4.69, 9.17) is 4.42 Å². The summed E-state index contributed by atoms with van der Waals surface area (Å²) in [5, 5.41) is 0.690. The van der Waals surface area contributed by atoms with Gasteiger partial charge in [-0.2, -0.15) is 4.98 Å². The average molecular weight is 404 g/mol. The lowest BCUT2D eigenvalue weighted by atomic mass is 10.1. The fraction of sp³-hybridized carbons (Fsp3) is 0.182. The van der Waals surface area contributed by atoms with Crippen molar-refractivity contribution in [3.63, 3.8) is 0 Å². The third-order valence-corrected chi connectivity index (χ3v) is 5.40. The highest BCUT2D eigenvalue weighted by Crippen LogP contribution is 2.19. The second-order valence-corrected chi connectivity index (χ2v) is 7.63. The van der Waals surface area contributed by atoms with Gasteiger partial charge in [0.2, 0.25) is 0 Å². The minimum Gasteiger partial charge on any atom is -0.467 e. The molecule has 6 nitrogen and oxygen atoms in total. The fourth-order valence-electron chi connectivity index (χ4n) is 2.99. The van der Waals surface area contributed by atoms with E-state index in [2.05, 4.69) is 27.1 Å². The monoisotopic (exact) mass is 404 g/mol. The van der Waals surface area contributed by atoms with Gasteiger partial charge in [-0.15, -0.1) is 0 Å². The Balaban J connectivity index is 1.56. The van der Waals surface area contributed by atoms with Crippen LogP contribution in [-0.4, -0.2) is 25.3 Å². The maximum absolute atomic E-state index is 12.6. The van der Waals surface area contributed by atoms with Crippen molar-refractivity contribution >= 4 is 11.8 Å². The topological polar surface area (TPSA) is 73.8 Å². The molecule has 0 unspecified atom stereocenters. The second kappa shape index (κ2) is 9.34. The van der Waals surface area contributed by atoms with Gasteiger partial charge in [0.15, 0.2) is 5.16 Å². The van der Waals surface area contributed by atoms with E-state index in [0.717, 1.165) is 23.5 Å². The van der Waals surface area contributed by atoms with E-state index in [1.54, 1.807) is 30.4 Å². The molecule has 1 aromatic carbocycles. The molecule has 146 valence electrons. The Kier molecular flexibility index (Phi) is 6.16. The molecule has 3 heterocycles. The van der Waals surface area contributed by atoms with Crippen LogP contribution in [0.3, 0.4) is 0 Å². The predicted molar refractivity (Wildman–Crippen MR) is 112 cm³/mol. The maximum atomic E-state index is 12.6. The van der Waals surface area contributed by atoms with Crippen LogP contribution in [0.5, 0.6) is 0 Å². The number of rotatable bonds is 8. The van der Waals surface area contributed by atoms with Crippen molar-refractivity contribution < 1.29 is 4.42 Å². The SMILES string of the molecule is O=c1nc(SCCc2ccccc2)n(Cc2ccco2)cc1Cc1cncnc1. The molecule has 0 bridgehead atoms. The van der Waals surface area contributed by atoms with E-state index in [-0.39, 0.29) is 5.56 Å². The lowest BCUT2D eigenvalue weighted by Crippen LogP contribution is -2.20. The fourth-order valence-corrected chi connectivity index (χ4v) is 3.94. The predicted octanol–water partition coefficient (Wildman–Crippen LogP) is 3.60. The quantitative estimate of drug-likeness (QED) is 0.330. The molecule has 0 aliphatic carbocycles. The van der Waals surface area contributed by atoms with E-state index in [9.17, 15) is 4.79 Å². The van der Waals surface area contributed by atoms with Crippen molar-refractivity contribution in [1.29, 1.82) is 0 Å². The van der Waals surface area contributed by atoms with Gasteiger partial charge >= 0.3 is 0 Å². The van der Waals surface area contributed by atoms with E-state index < -0.39 is 0 Å². The first kappa shape index (κ1) is 19.1. The zero-order valence-electron chi connectivity index (χ0n) is 15.8. The molecule has 29 heavy (non-hydrogen) atoms. The molecule has 0 N–H and O–H groups in total. The first-order valence-electron chi connectivity index (χ1n) is 9.31. The number of aryl methyl sites for hydroxylation is 1. The van der Waals surface area contributed by atoms with Crippen LogP contribution in [-0.2, 0) is 19.4 Å². The Morgan fingerprint density at radius 3 is 2.59 bits per heavy atom. The second-order valence-electron chi connectivity index (χ2n) is 6.57. The molecule has 0 fully saturated rings. The normalized spacial score (nSPS) is 10.9. The minimum atomic E-state index is -0.216. The van der Waals surface area contributed by atoms with Crippen LogP contribution in [0.1, 0.15) is 22.5 Å². The summed E-state index contributed by atoms with van der Waals surface area (Å²) in [6.45, 7) is 0.520. The molecular formula is C22H20N4O2S. The standard InChI is InChI=1S/C22H20N4O2S/c27-21-19(11-18-12-23-16-24-13-18)14-26(15-20-7-4-9-28-20)22(25-21)29-10-8-17-5-2-1-3-6-17/h1-7,9,12-14,16H,8,10-11,15H2. The van der Waals surface area contributed by atoms with E-state index in [0.29, 0.717) is 23.7 Å². The molecule has 0 amide bonds. The van der Waals surface area contributed by atoms with Gasteiger partial charge < -0.3 is 8.98 Å². The molecule has 0 aliphatic heterocycles. The molecule has 0 radical (unpaired) electrons. The Morgan fingerprint density at radius 1 is 1.00 bits per heavy atom. The summed E-state index contributed by atoms with van der Waals surface area (Å²) >= 11 is 1.58. The van der Waals surface area contributed by atoms with Crippen LogP contribution in [0, 0.1) is 0 Å². The van der Waals surface area contributed by atoms with Gasteiger partial charge in [-0.3, -0.25) is 4.79 Å². The van der Waals surface area contributed by atoms with Crippen molar-refractivity contribution in [3.05, 3.63) is 106 Å². The van der Waals surface area contributed by atoms with Crippen molar-refractivity contribution in [2.75, 3.05) is 5.75 Å². The first-order chi connectivity index (χ1) is 14.3. The highest BCUT2D eigenvalue weighted by Gasteiger charge is 2.12. The van der Waals surface area contributed by atoms with Crippen LogP contribution in [0.2, 0.25) is 0 Å². The van der Waals surface area contributed by atoms with Crippen molar-refractivity contribution in [2.24, 2.45) is 0 Å². The Hall–Kier alpha value is -3.19. The summed E-state index contributed by atoms with van der Waals surface area (Å²) < 4.78 is 7.48. The molecule has 0 saturated heterocycles. The summed E-state index contributed by atoms with van der Waals surface area (Å²) in [7, 11) is 0. The highest BCUT2D eigenvalue weighted by atomic mass is 32.2. The van der Waals surface area contributed by atoms with E-state index >= 15 is 0 Å². The molecule has 7 heteroatoms. The third-order valence-electron chi connectivity index (χ3n) is 4.41. The third kappa shape index (κ3) is 5.20. The van der Waals surface area contributed by atoms with E-state index in [1.165, 1.54) is 11.9 Å². The van der Waals surface area contributed by atoms with Gasteiger partial charge in [0, 0.05) is 36.3 Å². The van der Waals surface area contributed by atoms with Crippen LogP contribution >= 0.6 is 11.8 Å². The summed E-state index contributed by atoms with van der Waals surface area (Å²) in [5.41, 5.74) is 2.53. The lowest BCUT2D eigenvalue weighted by molar-refractivity contribution is 0.478. The molecule has 4 rings (SSSR count). The molecule has 0 spiro atoms.